The molecule has 4 nitrogen and oxygen atoms in total. The molecule has 1 amide bonds. The number of carbonyl (C=O) groups excluding carboxylic acids is 1. The Kier molecular flexibility index (Phi) is 4.49. The number of hydrogen-bond acceptors (Lipinski definition) is 3. The Morgan fingerprint density at radius 3 is 2.60 bits per heavy atom. The average molecular weight is 338 g/mol. The fraction of sp³-hybridized carbons (Fsp3) is 0.267. The molecule has 1 heterocycles. The number of hydrogen-bond donors (Lipinski definition) is 0. The van der Waals surface area contributed by atoms with Crippen LogP contribution in [0.4, 0.5) is 0 Å². The predicted molar refractivity (Wildman–Crippen MR) is 79.9 cm³/mol. The molecule has 0 aliphatic heterocycles. The van der Waals surface area contributed by atoms with Gasteiger partial charge in [0.15, 0.2) is 10.4 Å². The summed E-state index contributed by atoms with van der Waals surface area (Å²) in [5.41, 5.74) is 0.955. The molecular weight excluding hydrogens is 322 g/mol. The second kappa shape index (κ2) is 6.13. The van der Waals surface area contributed by atoms with Crippen molar-refractivity contribution < 1.29 is 13.9 Å². The Hall–Kier alpha value is -1.75. The highest BCUT2D eigenvalue weighted by molar-refractivity contribution is 9.10. The predicted octanol–water partition coefficient (Wildman–Crippen LogP) is 3.88. The van der Waals surface area contributed by atoms with E-state index in [1.807, 2.05) is 31.2 Å². The molecule has 0 bridgehead atoms. The first-order valence-electron chi connectivity index (χ1n) is 6.20. The molecule has 0 aliphatic carbocycles. The van der Waals surface area contributed by atoms with Crippen LogP contribution in [0.3, 0.4) is 0 Å². The van der Waals surface area contributed by atoms with Crippen molar-refractivity contribution in [3.05, 3.63) is 52.4 Å². The highest BCUT2D eigenvalue weighted by Gasteiger charge is 2.23. The van der Waals surface area contributed by atoms with E-state index >= 15 is 0 Å². The van der Waals surface area contributed by atoms with Crippen LogP contribution < -0.4 is 4.74 Å². The molecule has 0 unspecified atom stereocenters. The van der Waals surface area contributed by atoms with Crippen LogP contribution in [0.15, 0.2) is 45.5 Å². The topological polar surface area (TPSA) is 42.7 Å². The molecule has 0 radical (unpaired) electrons. The number of methoxy groups -OCH3 is 1. The van der Waals surface area contributed by atoms with E-state index < -0.39 is 0 Å². The van der Waals surface area contributed by atoms with Gasteiger partial charge in [-0.05, 0) is 41.1 Å². The van der Waals surface area contributed by atoms with Crippen molar-refractivity contribution in [1.82, 2.24) is 4.90 Å². The van der Waals surface area contributed by atoms with E-state index in [2.05, 4.69) is 15.9 Å². The zero-order chi connectivity index (χ0) is 14.7. The highest BCUT2D eigenvalue weighted by Crippen LogP contribution is 2.29. The molecule has 0 saturated carbocycles. The first-order chi connectivity index (χ1) is 9.54. The summed E-state index contributed by atoms with van der Waals surface area (Å²) in [5, 5.41) is 0. The number of benzene rings is 1. The zero-order valence-electron chi connectivity index (χ0n) is 11.6. The molecule has 0 fully saturated rings. The largest absolute Gasteiger partial charge is 0.496 e. The highest BCUT2D eigenvalue weighted by atomic mass is 79.9. The maximum Gasteiger partial charge on any atom is 0.289 e. The summed E-state index contributed by atoms with van der Waals surface area (Å²) >= 11 is 3.20. The summed E-state index contributed by atoms with van der Waals surface area (Å²) < 4.78 is 11.2. The van der Waals surface area contributed by atoms with E-state index in [9.17, 15) is 4.79 Å². The molecule has 0 saturated heterocycles. The van der Waals surface area contributed by atoms with Gasteiger partial charge in [0.05, 0.1) is 13.2 Å². The van der Waals surface area contributed by atoms with Crippen LogP contribution in [0.25, 0.3) is 0 Å². The standard InChI is InChI=1S/C15H16BrNO3/c1-10(11-6-4-5-7-12(11)19-3)17(2)15(18)13-8-9-14(16)20-13/h4-10H,1-3H3/t10-/m1/s1. The van der Waals surface area contributed by atoms with Crippen LogP contribution in [-0.4, -0.2) is 25.0 Å². The van der Waals surface area contributed by atoms with Crippen LogP contribution in [0, 0.1) is 0 Å². The van der Waals surface area contributed by atoms with Gasteiger partial charge in [0.25, 0.3) is 5.91 Å². The summed E-state index contributed by atoms with van der Waals surface area (Å²) in [5.74, 6) is 0.899. The fourth-order valence-corrected chi connectivity index (χ4v) is 2.31. The van der Waals surface area contributed by atoms with Crippen LogP contribution in [0.5, 0.6) is 5.75 Å². The van der Waals surface area contributed by atoms with Gasteiger partial charge in [-0.1, -0.05) is 18.2 Å². The van der Waals surface area contributed by atoms with Gasteiger partial charge >= 0.3 is 0 Å². The van der Waals surface area contributed by atoms with E-state index in [-0.39, 0.29) is 11.9 Å². The van der Waals surface area contributed by atoms with Gasteiger partial charge in [0, 0.05) is 12.6 Å². The monoisotopic (exact) mass is 337 g/mol. The number of amides is 1. The number of halogens is 1. The quantitative estimate of drug-likeness (QED) is 0.850. The minimum atomic E-state index is -0.172. The van der Waals surface area contributed by atoms with Crippen molar-refractivity contribution in [3.63, 3.8) is 0 Å². The Morgan fingerprint density at radius 1 is 1.30 bits per heavy atom. The molecular formula is C15H16BrNO3. The SMILES string of the molecule is COc1ccccc1[C@@H](C)N(C)C(=O)c1ccc(Br)o1. The number of ether oxygens (including phenoxy) is 1. The smallest absolute Gasteiger partial charge is 0.289 e. The number of carbonyl (C=O) groups is 1. The molecule has 1 aromatic carbocycles. The number of furan rings is 1. The maximum atomic E-state index is 12.3. The molecule has 106 valence electrons. The third-order valence-corrected chi connectivity index (χ3v) is 3.70. The molecule has 1 atom stereocenters. The first kappa shape index (κ1) is 14.7. The minimum Gasteiger partial charge on any atom is -0.496 e. The maximum absolute atomic E-state index is 12.3. The molecule has 0 aliphatic rings. The van der Waals surface area contributed by atoms with E-state index in [0.717, 1.165) is 11.3 Å². The van der Waals surface area contributed by atoms with Crippen molar-refractivity contribution in [2.75, 3.05) is 14.2 Å². The second-order valence-electron chi connectivity index (χ2n) is 4.44. The lowest BCUT2D eigenvalue weighted by atomic mass is 10.1. The third-order valence-electron chi connectivity index (χ3n) is 3.27. The van der Waals surface area contributed by atoms with Crippen molar-refractivity contribution in [2.45, 2.75) is 13.0 Å². The first-order valence-corrected chi connectivity index (χ1v) is 6.99. The average Bonchev–Trinajstić information content (AvgIpc) is 2.91. The van der Waals surface area contributed by atoms with E-state index in [4.69, 9.17) is 9.15 Å². The molecule has 1 aromatic heterocycles. The van der Waals surface area contributed by atoms with Gasteiger partial charge in [-0.3, -0.25) is 4.79 Å². The molecule has 2 rings (SSSR count). The molecule has 0 spiro atoms. The second-order valence-corrected chi connectivity index (χ2v) is 5.22. The fourth-order valence-electron chi connectivity index (χ4n) is 2.00. The van der Waals surface area contributed by atoms with Crippen molar-refractivity contribution in [3.8, 4) is 5.75 Å². The molecule has 5 heteroatoms. The Bertz CT molecular complexity index is 609. The normalized spacial score (nSPS) is 12.0. The van der Waals surface area contributed by atoms with Gasteiger partial charge in [0.2, 0.25) is 0 Å². The van der Waals surface area contributed by atoms with Crippen LogP contribution in [-0.2, 0) is 0 Å². The van der Waals surface area contributed by atoms with Crippen LogP contribution in [0.2, 0.25) is 0 Å². The van der Waals surface area contributed by atoms with Gasteiger partial charge in [-0.15, -0.1) is 0 Å². The van der Waals surface area contributed by atoms with Gasteiger partial charge in [0.1, 0.15) is 5.75 Å². The lowest BCUT2D eigenvalue weighted by Crippen LogP contribution is -2.29. The van der Waals surface area contributed by atoms with Crippen molar-refractivity contribution >= 4 is 21.8 Å². The summed E-state index contributed by atoms with van der Waals surface area (Å²) in [6, 6.07) is 10.9. The van der Waals surface area contributed by atoms with E-state index in [0.29, 0.717) is 10.4 Å². The summed E-state index contributed by atoms with van der Waals surface area (Å²) in [6.45, 7) is 1.95. The number of nitrogens with zero attached hydrogens (tertiary/aromatic N) is 1. The zero-order valence-corrected chi connectivity index (χ0v) is 13.2. The summed E-state index contributed by atoms with van der Waals surface area (Å²) in [7, 11) is 3.37. The van der Waals surface area contributed by atoms with Crippen molar-refractivity contribution in [1.29, 1.82) is 0 Å². The van der Waals surface area contributed by atoms with Gasteiger partial charge in [-0.25, -0.2) is 0 Å². The molecule has 2 aromatic rings. The number of rotatable bonds is 4. The van der Waals surface area contributed by atoms with Crippen LogP contribution in [0.1, 0.15) is 29.1 Å². The summed E-state index contributed by atoms with van der Waals surface area (Å²) in [4.78, 5) is 14.0. The lowest BCUT2D eigenvalue weighted by molar-refractivity contribution is 0.0707. The third kappa shape index (κ3) is 2.88. The molecule has 0 N–H and O–H groups in total. The van der Waals surface area contributed by atoms with Gasteiger partial charge < -0.3 is 14.1 Å². The lowest BCUT2D eigenvalue weighted by Gasteiger charge is -2.25. The Morgan fingerprint density at radius 2 is 2.00 bits per heavy atom. The summed E-state index contributed by atoms with van der Waals surface area (Å²) in [6.07, 6.45) is 0. The van der Waals surface area contributed by atoms with E-state index in [1.54, 1.807) is 31.2 Å². The molecule has 20 heavy (non-hydrogen) atoms. The van der Waals surface area contributed by atoms with Crippen LogP contribution >= 0.6 is 15.9 Å². The van der Waals surface area contributed by atoms with Gasteiger partial charge in [-0.2, -0.15) is 0 Å². The Labute approximate surface area is 126 Å². The van der Waals surface area contributed by atoms with E-state index in [1.165, 1.54) is 0 Å². The minimum absolute atomic E-state index is 0.123. The Balaban J connectivity index is 2.24. The van der Waals surface area contributed by atoms with Crippen molar-refractivity contribution in [2.24, 2.45) is 0 Å². The number of para-hydroxylation sites is 1.